The van der Waals surface area contributed by atoms with Crippen LogP contribution in [-0.4, -0.2) is 33.8 Å². The van der Waals surface area contributed by atoms with Crippen molar-refractivity contribution in [2.75, 3.05) is 7.05 Å². The Bertz CT molecular complexity index is 331. The van der Waals surface area contributed by atoms with Gasteiger partial charge in [-0.1, -0.05) is 0 Å². The second kappa shape index (κ2) is 3.70. The summed E-state index contributed by atoms with van der Waals surface area (Å²) in [6.07, 6.45) is 1.34. The van der Waals surface area contributed by atoms with Crippen LogP contribution in [-0.2, 0) is 11.3 Å². The molecule has 1 heterocycles. The number of carboxylic acid groups (broad SMARTS) is 1. The van der Waals surface area contributed by atoms with Crippen LogP contribution in [0.5, 0.6) is 0 Å². The summed E-state index contributed by atoms with van der Waals surface area (Å²) in [5, 5.41) is 14.7. The Kier molecular flexibility index (Phi) is 2.63. The molecule has 70 valence electrons. The molecule has 1 rings (SSSR count). The maximum absolute atomic E-state index is 10.9. The molecule has 1 aromatic rings. The Hall–Kier alpha value is -1.85. The highest BCUT2D eigenvalue weighted by Gasteiger charge is 2.11. The van der Waals surface area contributed by atoms with E-state index in [0.29, 0.717) is 0 Å². The number of nitrogens with one attached hydrogen (secondary N) is 1. The Morgan fingerprint density at radius 2 is 2.38 bits per heavy atom. The number of rotatable bonds is 3. The number of aromatic nitrogens is 2. The van der Waals surface area contributed by atoms with Crippen molar-refractivity contribution in [3.8, 4) is 0 Å². The van der Waals surface area contributed by atoms with Crippen LogP contribution in [0.25, 0.3) is 0 Å². The fraction of sp³-hybridized carbons (Fsp3) is 0.286. The van der Waals surface area contributed by atoms with Gasteiger partial charge in [-0.25, -0.2) is 9.48 Å². The van der Waals surface area contributed by atoms with Gasteiger partial charge in [0, 0.05) is 13.2 Å². The van der Waals surface area contributed by atoms with Crippen molar-refractivity contribution in [3.05, 3.63) is 18.0 Å². The first-order valence-electron chi connectivity index (χ1n) is 3.61. The normalized spacial score (nSPS) is 9.62. The summed E-state index contributed by atoms with van der Waals surface area (Å²) >= 11 is 0. The molecule has 6 heteroatoms. The average molecular weight is 183 g/mol. The first-order valence-corrected chi connectivity index (χ1v) is 3.61. The highest BCUT2D eigenvalue weighted by Crippen LogP contribution is 1.97. The van der Waals surface area contributed by atoms with E-state index in [0.717, 1.165) is 4.68 Å². The van der Waals surface area contributed by atoms with Gasteiger partial charge in [0.1, 0.15) is 12.2 Å². The van der Waals surface area contributed by atoms with Crippen molar-refractivity contribution in [3.63, 3.8) is 0 Å². The molecule has 0 bridgehead atoms. The first-order chi connectivity index (χ1) is 6.15. The van der Waals surface area contributed by atoms with E-state index in [1.54, 1.807) is 0 Å². The molecule has 0 aromatic carbocycles. The number of hydrogen-bond acceptors (Lipinski definition) is 3. The van der Waals surface area contributed by atoms with Crippen LogP contribution in [0.15, 0.2) is 12.3 Å². The molecular formula is C7H9N3O3. The van der Waals surface area contributed by atoms with Crippen LogP contribution in [0.2, 0.25) is 0 Å². The zero-order chi connectivity index (χ0) is 9.84. The van der Waals surface area contributed by atoms with Gasteiger partial charge in [0.25, 0.3) is 0 Å². The van der Waals surface area contributed by atoms with Crippen LogP contribution >= 0.6 is 0 Å². The SMILES string of the molecule is CNC(=O)Cn1nccc1C(=O)O. The third kappa shape index (κ3) is 2.05. The van der Waals surface area contributed by atoms with Gasteiger partial charge in [-0.05, 0) is 6.07 Å². The molecule has 0 unspecified atom stereocenters. The minimum atomic E-state index is -1.10. The molecule has 0 saturated carbocycles. The lowest BCUT2D eigenvalue weighted by Crippen LogP contribution is -2.25. The zero-order valence-corrected chi connectivity index (χ0v) is 7.02. The molecule has 6 nitrogen and oxygen atoms in total. The van der Waals surface area contributed by atoms with Gasteiger partial charge in [-0.3, -0.25) is 4.79 Å². The van der Waals surface area contributed by atoms with Crippen molar-refractivity contribution in [1.29, 1.82) is 0 Å². The van der Waals surface area contributed by atoms with Crippen molar-refractivity contribution >= 4 is 11.9 Å². The van der Waals surface area contributed by atoms with E-state index in [-0.39, 0.29) is 18.1 Å². The highest BCUT2D eigenvalue weighted by atomic mass is 16.4. The molecule has 1 amide bonds. The van der Waals surface area contributed by atoms with E-state index < -0.39 is 5.97 Å². The zero-order valence-electron chi connectivity index (χ0n) is 7.02. The number of likely N-dealkylation sites (N-methyl/N-ethyl adjacent to an activating group) is 1. The minimum absolute atomic E-state index is 0.00333. The molecule has 0 aliphatic carbocycles. The number of nitrogens with zero attached hydrogens (tertiary/aromatic N) is 2. The van der Waals surface area contributed by atoms with E-state index in [4.69, 9.17) is 5.11 Å². The molecule has 0 saturated heterocycles. The molecule has 0 radical (unpaired) electrons. The standard InChI is InChI=1S/C7H9N3O3/c1-8-6(11)4-10-5(7(12)13)2-3-9-10/h2-3H,4H2,1H3,(H,8,11)(H,12,13). The van der Waals surface area contributed by atoms with Gasteiger partial charge in [0.15, 0.2) is 0 Å². The fourth-order valence-electron chi connectivity index (χ4n) is 0.855. The van der Waals surface area contributed by atoms with E-state index >= 15 is 0 Å². The smallest absolute Gasteiger partial charge is 0.354 e. The van der Waals surface area contributed by atoms with E-state index in [2.05, 4.69) is 10.4 Å². The Morgan fingerprint density at radius 1 is 1.69 bits per heavy atom. The molecule has 0 fully saturated rings. The number of aromatic carboxylic acids is 1. The lowest BCUT2D eigenvalue weighted by molar-refractivity contribution is -0.121. The second-order valence-electron chi connectivity index (χ2n) is 2.35. The quantitative estimate of drug-likeness (QED) is 0.650. The molecule has 1 aromatic heterocycles. The number of carbonyl (C=O) groups is 2. The average Bonchev–Trinajstić information content (AvgIpc) is 2.52. The van der Waals surface area contributed by atoms with Gasteiger partial charge in [-0.15, -0.1) is 0 Å². The molecule has 0 spiro atoms. The molecule has 0 aliphatic rings. The maximum Gasteiger partial charge on any atom is 0.354 e. The molecule has 0 atom stereocenters. The lowest BCUT2D eigenvalue weighted by atomic mass is 10.4. The third-order valence-corrected chi connectivity index (χ3v) is 1.51. The van der Waals surface area contributed by atoms with Crippen LogP contribution in [0.3, 0.4) is 0 Å². The maximum atomic E-state index is 10.9. The van der Waals surface area contributed by atoms with Crippen molar-refractivity contribution in [2.45, 2.75) is 6.54 Å². The Balaban J connectivity index is 2.82. The van der Waals surface area contributed by atoms with Crippen molar-refractivity contribution in [2.24, 2.45) is 0 Å². The monoisotopic (exact) mass is 183 g/mol. The third-order valence-electron chi connectivity index (χ3n) is 1.51. The molecular weight excluding hydrogens is 174 g/mol. The highest BCUT2D eigenvalue weighted by molar-refractivity contribution is 5.86. The van der Waals surface area contributed by atoms with E-state index in [1.807, 2.05) is 0 Å². The summed E-state index contributed by atoms with van der Waals surface area (Å²) in [6, 6.07) is 1.34. The lowest BCUT2D eigenvalue weighted by Gasteiger charge is -2.02. The predicted molar refractivity (Wildman–Crippen MR) is 43.3 cm³/mol. The number of hydrogen-bond donors (Lipinski definition) is 2. The summed E-state index contributed by atoms with van der Waals surface area (Å²) in [5.74, 6) is -1.38. The van der Waals surface area contributed by atoms with Crippen LogP contribution in [0.4, 0.5) is 0 Å². The summed E-state index contributed by atoms with van der Waals surface area (Å²) in [6.45, 7) is -0.0782. The number of carbonyl (C=O) groups excluding carboxylic acids is 1. The first kappa shape index (κ1) is 9.24. The van der Waals surface area contributed by atoms with Gasteiger partial charge in [-0.2, -0.15) is 5.10 Å². The van der Waals surface area contributed by atoms with Gasteiger partial charge >= 0.3 is 5.97 Å². The van der Waals surface area contributed by atoms with Crippen LogP contribution < -0.4 is 5.32 Å². The van der Waals surface area contributed by atoms with Gasteiger partial charge in [0.2, 0.25) is 5.91 Å². The predicted octanol–water partition coefficient (Wildman–Crippen LogP) is -0.673. The summed E-state index contributed by atoms with van der Waals surface area (Å²) in [5.41, 5.74) is 0.00333. The van der Waals surface area contributed by atoms with Crippen LogP contribution in [0.1, 0.15) is 10.5 Å². The molecule has 13 heavy (non-hydrogen) atoms. The Morgan fingerprint density at radius 3 is 2.92 bits per heavy atom. The summed E-state index contributed by atoms with van der Waals surface area (Å²) < 4.78 is 1.13. The van der Waals surface area contributed by atoms with Crippen LogP contribution in [0, 0.1) is 0 Å². The second-order valence-corrected chi connectivity index (χ2v) is 2.35. The summed E-state index contributed by atoms with van der Waals surface area (Å²) in [7, 11) is 1.48. The van der Waals surface area contributed by atoms with Crippen molar-refractivity contribution < 1.29 is 14.7 Å². The van der Waals surface area contributed by atoms with E-state index in [1.165, 1.54) is 19.3 Å². The van der Waals surface area contributed by atoms with Gasteiger partial charge < -0.3 is 10.4 Å². The number of carboxylic acids is 1. The minimum Gasteiger partial charge on any atom is -0.477 e. The van der Waals surface area contributed by atoms with Gasteiger partial charge in [0.05, 0.1) is 0 Å². The molecule has 0 aliphatic heterocycles. The topological polar surface area (TPSA) is 84.2 Å². The van der Waals surface area contributed by atoms with Crippen molar-refractivity contribution in [1.82, 2.24) is 15.1 Å². The fourth-order valence-corrected chi connectivity index (χ4v) is 0.855. The Labute approximate surface area is 74.2 Å². The molecule has 2 N–H and O–H groups in total. The number of amides is 1. The van der Waals surface area contributed by atoms with E-state index in [9.17, 15) is 9.59 Å². The largest absolute Gasteiger partial charge is 0.477 e. The summed E-state index contributed by atoms with van der Waals surface area (Å²) in [4.78, 5) is 21.4.